The van der Waals surface area contributed by atoms with E-state index in [-0.39, 0.29) is 16.4 Å². The summed E-state index contributed by atoms with van der Waals surface area (Å²) < 4.78 is 10.6. The van der Waals surface area contributed by atoms with Gasteiger partial charge in [0.05, 0.1) is 12.0 Å². The number of benzene rings is 2. The van der Waals surface area contributed by atoms with Crippen LogP contribution in [0, 0.1) is 10.1 Å². The molecule has 1 N–H and O–H groups in total. The van der Waals surface area contributed by atoms with Crippen molar-refractivity contribution in [2.75, 3.05) is 12.4 Å². The largest absolute Gasteiger partial charge is 0.497 e. The first-order chi connectivity index (χ1) is 11.4. The number of amides is 1. The quantitative estimate of drug-likeness (QED) is 0.634. The number of halogens is 1. The molecule has 126 valence electrons. The van der Waals surface area contributed by atoms with Crippen molar-refractivity contribution in [2.24, 2.45) is 0 Å². The van der Waals surface area contributed by atoms with Gasteiger partial charge in [0.2, 0.25) is 0 Å². The van der Waals surface area contributed by atoms with Crippen molar-refractivity contribution in [1.29, 1.82) is 0 Å². The Morgan fingerprint density at radius 3 is 2.62 bits per heavy atom. The van der Waals surface area contributed by atoms with Crippen LogP contribution in [0.4, 0.5) is 11.4 Å². The first-order valence-corrected chi connectivity index (χ1v) is 7.34. The molecular weight excluding hydrogens is 336 g/mol. The molecule has 1 amide bonds. The van der Waals surface area contributed by atoms with Crippen LogP contribution in [0.25, 0.3) is 0 Å². The van der Waals surface area contributed by atoms with E-state index in [0.717, 1.165) is 0 Å². The third-order valence-corrected chi connectivity index (χ3v) is 3.37. The predicted molar refractivity (Wildman–Crippen MR) is 89.8 cm³/mol. The molecule has 0 fully saturated rings. The van der Waals surface area contributed by atoms with Gasteiger partial charge in [0.25, 0.3) is 11.6 Å². The molecule has 7 nitrogen and oxygen atoms in total. The minimum atomic E-state index is -0.868. The van der Waals surface area contributed by atoms with Crippen LogP contribution in [-0.2, 0) is 4.79 Å². The molecule has 0 aliphatic heterocycles. The summed E-state index contributed by atoms with van der Waals surface area (Å²) in [6, 6.07) is 10.8. The molecule has 1 unspecified atom stereocenters. The molecule has 0 heterocycles. The van der Waals surface area contributed by atoms with Gasteiger partial charge in [-0.3, -0.25) is 14.9 Å². The molecule has 0 bridgehead atoms. The zero-order valence-corrected chi connectivity index (χ0v) is 13.7. The van der Waals surface area contributed by atoms with Gasteiger partial charge < -0.3 is 14.8 Å². The van der Waals surface area contributed by atoms with E-state index in [0.29, 0.717) is 11.5 Å². The van der Waals surface area contributed by atoms with Gasteiger partial charge in [0, 0.05) is 17.2 Å². The highest BCUT2D eigenvalue weighted by Gasteiger charge is 2.20. The normalized spacial score (nSPS) is 11.5. The molecule has 0 aromatic heterocycles. The lowest BCUT2D eigenvalue weighted by molar-refractivity contribution is -0.383. The van der Waals surface area contributed by atoms with E-state index < -0.39 is 16.9 Å². The molecule has 2 rings (SSSR count). The zero-order chi connectivity index (χ0) is 17.7. The number of hydrogen-bond acceptors (Lipinski definition) is 5. The molecule has 0 saturated carbocycles. The highest BCUT2D eigenvalue weighted by molar-refractivity contribution is 6.31. The Bertz CT molecular complexity index is 766. The minimum Gasteiger partial charge on any atom is -0.497 e. The Balaban J connectivity index is 2.10. The molecule has 24 heavy (non-hydrogen) atoms. The number of carbonyl (C=O) groups excluding carboxylic acids is 1. The third kappa shape index (κ3) is 4.36. The summed E-state index contributed by atoms with van der Waals surface area (Å²) in [5, 5.41) is 13.7. The monoisotopic (exact) mass is 350 g/mol. The van der Waals surface area contributed by atoms with Crippen LogP contribution in [0.15, 0.2) is 42.5 Å². The van der Waals surface area contributed by atoms with E-state index in [4.69, 9.17) is 21.1 Å². The Hall–Kier alpha value is -2.80. The Morgan fingerprint density at radius 2 is 1.96 bits per heavy atom. The van der Waals surface area contributed by atoms with Gasteiger partial charge in [0.1, 0.15) is 17.2 Å². The van der Waals surface area contributed by atoms with Crippen molar-refractivity contribution in [3.05, 3.63) is 57.6 Å². The Morgan fingerprint density at radius 1 is 1.25 bits per heavy atom. The van der Waals surface area contributed by atoms with Crippen LogP contribution in [0.5, 0.6) is 11.5 Å². The SMILES string of the molecule is COc1cccc(OC(C)C(=O)Nc2ccc(Cl)cc2[N+](=O)[O-])c1. The van der Waals surface area contributed by atoms with Gasteiger partial charge in [-0.25, -0.2) is 0 Å². The van der Waals surface area contributed by atoms with Gasteiger partial charge in [-0.2, -0.15) is 0 Å². The number of nitro groups is 1. The average molecular weight is 351 g/mol. The minimum absolute atomic E-state index is 0.0514. The first kappa shape index (κ1) is 17.6. The second kappa shape index (κ2) is 7.65. The van der Waals surface area contributed by atoms with Gasteiger partial charge in [0.15, 0.2) is 6.10 Å². The summed E-state index contributed by atoms with van der Waals surface area (Å²) in [7, 11) is 1.52. The van der Waals surface area contributed by atoms with Crippen molar-refractivity contribution >= 4 is 28.9 Å². The van der Waals surface area contributed by atoms with Gasteiger partial charge in [-0.15, -0.1) is 0 Å². The van der Waals surface area contributed by atoms with E-state index in [2.05, 4.69) is 5.32 Å². The Labute approximate surface area is 143 Å². The molecule has 8 heteroatoms. The molecule has 0 aliphatic carbocycles. The number of rotatable bonds is 6. The number of nitrogens with zero attached hydrogens (tertiary/aromatic N) is 1. The van der Waals surface area contributed by atoms with Gasteiger partial charge in [-0.05, 0) is 31.2 Å². The second-order valence-electron chi connectivity index (χ2n) is 4.85. The summed E-state index contributed by atoms with van der Waals surface area (Å²) in [4.78, 5) is 22.6. The average Bonchev–Trinajstić information content (AvgIpc) is 2.56. The highest BCUT2D eigenvalue weighted by atomic mass is 35.5. The molecule has 1 atom stereocenters. The van der Waals surface area contributed by atoms with Crippen molar-refractivity contribution in [3.8, 4) is 11.5 Å². The summed E-state index contributed by atoms with van der Waals surface area (Å²) in [6.07, 6.45) is -0.868. The van der Waals surface area contributed by atoms with E-state index in [1.54, 1.807) is 24.3 Å². The van der Waals surface area contributed by atoms with E-state index >= 15 is 0 Å². The molecule has 0 saturated heterocycles. The number of hydrogen-bond donors (Lipinski definition) is 1. The topological polar surface area (TPSA) is 90.7 Å². The molecule has 2 aromatic carbocycles. The van der Waals surface area contributed by atoms with Crippen molar-refractivity contribution in [1.82, 2.24) is 0 Å². The number of nitro benzene ring substituents is 1. The lowest BCUT2D eigenvalue weighted by Crippen LogP contribution is -2.30. The zero-order valence-electron chi connectivity index (χ0n) is 13.0. The van der Waals surface area contributed by atoms with Crippen LogP contribution >= 0.6 is 11.6 Å². The lowest BCUT2D eigenvalue weighted by atomic mass is 10.2. The van der Waals surface area contributed by atoms with Gasteiger partial charge in [-0.1, -0.05) is 17.7 Å². The summed E-state index contributed by atoms with van der Waals surface area (Å²) in [5.41, 5.74) is -0.236. The second-order valence-corrected chi connectivity index (χ2v) is 5.28. The molecular formula is C16H15ClN2O5. The molecule has 0 spiro atoms. The number of methoxy groups -OCH3 is 1. The van der Waals surface area contributed by atoms with Crippen molar-refractivity contribution < 1.29 is 19.2 Å². The number of carbonyl (C=O) groups is 1. The Kier molecular flexibility index (Phi) is 5.59. The molecule has 0 aliphatic rings. The van der Waals surface area contributed by atoms with Crippen LogP contribution in [0.2, 0.25) is 5.02 Å². The van der Waals surface area contributed by atoms with Crippen LogP contribution in [0.3, 0.4) is 0 Å². The van der Waals surface area contributed by atoms with Crippen LogP contribution < -0.4 is 14.8 Å². The predicted octanol–water partition coefficient (Wildman–Crippen LogP) is 3.66. The van der Waals surface area contributed by atoms with E-state index in [1.165, 1.54) is 32.2 Å². The third-order valence-electron chi connectivity index (χ3n) is 3.14. The number of nitrogens with one attached hydrogen (secondary N) is 1. The number of anilines is 1. The summed E-state index contributed by atoms with van der Waals surface area (Å²) >= 11 is 5.74. The van der Waals surface area contributed by atoms with Crippen molar-refractivity contribution in [2.45, 2.75) is 13.0 Å². The lowest BCUT2D eigenvalue weighted by Gasteiger charge is -2.15. The maximum Gasteiger partial charge on any atom is 0.294 e. The fourth-order valence-corrected chi connectivity index (χ4v) is 2.09. The van der Waals surface area contributed by atoms with Crippen LogP contribution in [-0.4, -0.2) is 24.0 Å². The fraction of sp³-hybridized carbons (Fsp3) is 0.188. The van der Waals surface area contributed by atoms with E-state index in [1.807, 2.05) is 0 Å². The number of ether oxygens (including phenoxy) is 2. The van der Waals surface area contributed by atoms with Crippen molar-refractivity contribution in [3.63, 3.8) is 0 Å². The van der Waals surface area contributed by atoms with E-state index in [9.17, 15) is 14.9 Å². The highest BCUT2D eigenvalue weighted by Crippen LogP contribution is 2.28. The summed E-state index contributed by atoms with van der Waals surface area (Å²) in [6.45, 7) is 1.54. The van der Waals surface area contributed by atoms with Gasteiger partial charge >= 0.3 is 0 Å². The van der Waals surface area contributed by atoms with Crippen LogP contribution in [0.1, 0.15) is 6.92 Å². The molecule has 0 radical (unpaired) electrons. The summed E-state index contributed by atoms with van der Waals surface area (Å²) in [5.74, 6) is 0.513. The molecule has 2 aromatic rings. The first-order valence-electron chi connectivity index (χ1n) is 6.96. The maximum atomic E-state index is 12.2. The fourth-order valence-electron chi connectivity index (χ4n) is 1.93. The standard InChI is InChI=1S/C16H15ClN2O5/c1-10(24-13-5-3-4-12(9-13)23-2)16(20)18-14-7-6-11(17)8-15(14)19(21)22/h3-10H,1-2H3,(H,18,20). The maximum absolute atomic E-state index is 12.2. The smallest absolute Gasteiger partial charge is 0.294 e.